The number of methoxy groups -OCH3 is 1. The molecule has 1 aliphatic heterocycles. The van der Waals surface area contributed by atoms with E-state index in [-0.39, 0.29) is 31.5 Å². The fourth-order valence-electron chi connectivity index (χ4n) is 4.46. The van der Waals surface area contributed by atoms with Gasteiger partial charge in [0.1, 0.15) is 6.04 Å². The van der Waals surface area contributed by atoms with Crippen molar-refractivity contribution in [2.24, 2.45) is 0 Å². The van der Waals surface area contributed by atoms with Crippen LogP contribution in [0.25, 0.3) is 5.69 Å². The molecule has 196 valence electrons. The maximum atomic E-state index is 13.8. The lowest BCUT2D eigenvalue weighted by atomic mass is 9.98. The summed E-state index contributed by atoms with van der Waals surface area (Å²) in [5.74, 6) is -1.71. The van der Waals surface area contributed by atoms with Gasteiger partial charge in [-0.15, -0.1) is 4.74 Å². The zero-order valence-corrected chi connectivity index (χ0v) is 22.9. The average molecular weight is 590 g/mol. The first kappa shape index (κ1) is 27.1. The monoisotopic (exact) mass is 588 g/mol. The normalized spacial score (nSPS) is 17.8. The molecule has 0 aliphatic carbocycles. The second-order valence-electron chi connectivity index (χ2n) is 8.75. The molecule has 1 saturated heterocycles. The molecule has 0 bridgehead atoms. The standard InChI is InChI=1S/C23H20Cl4N4O6/c1-11(18(32)36-4)30-20(33)28(12-5-7-14(24)16(26)9-12)19(23(30,2)3)31-21(34)29(22(35)37-31)13-6-8-15(25)17(27)10-13/h5-11,19H,1-4H3. The molecule has 14 heteroatoms. The summed E-state index contributed by atoms with van der Waals surface area (Å²) in [5, 5.41) is 0.723. The SMILES string of the molecule is COC(=O)C(C)N1C(=O)N(c2ccc(Cl)c(Cl)c2)C(n2oc(=O)n(-c3ccc(Cl)c(Cl)c3)c2=O)C1(C)C. The number of amides is 2. The molecule has 1 aromatic heterocycles. The lowest BCUT2D eigenvalue weighted by Gasteiger charge is -2.36. The Bertz CT molecular complexity index is 1530. The second-order valence-corrected chi connectivity index (χ2v) is 10.4. The topological polar surface area (TPSA) is 107 Å². The van der Waals surface area contributed by atoms with Gasteiger partial charge in [-0.05, 0) is 57.2 Å². The highest BCUT2D eigenvalue weighted by molar-refractivity contribution is 6.42. The lowest BCUT2D eigenvalue weighted by Crippen LogP contribution is -2.52. The van der Waals surface area contributed by atoms with Crippen LogP contribution in [0.2, 0.25) is 20.1 Å². The Balaban J connectivity index is 1.96. The van der Waals surface area contributed by atoms with E-state index >= 15 is 0 Å². The number of hydrogen-bond donors (Lipinski definition) is 0. The molecule has 2 atom stereocenters. The Morgan fingerprint density at radius 1 is 0.946 bits per heavy atom. The lowest BCUT2D eigenvalue weighted by molar-refractivity contribution is -0.146. The van der Waals surface area contributed by atoms with E-state index in [1.807, 2.05) is 0 Å². The van der Waals surface area contributed by atoms with Crippen LogP contribution in [0.5, 0.6) is 0 Å². The van der Waals surface area contributed by atoms with Crippen LogP contribution in [0, 0.1) is 0 Å². The number of urea groups is 1. The molecular weight excluding hydrogens is 570 g/mol. The summed E-state index contributed by atoms with van der Waals surface area (Å²) >= 11 is 24.3. The summed E-state index contributed by atoms with van der Waals surface area (Å²) in [6.45, 7) is 4.73. The first-order valence-corrected chi connectivity index (χ1v) is 12.3. The van der Waals surface area contributed by atoms with E-state index in [1.54, 1.807) is 13.8 Å². The van der Waals surface area contributed by atoms with Crippen LogP contribution in [0.4, 0.5) is 10.5 Å². The molecule has 0 N–H and O–H groups in total. The van der Waals surface area contributed by atoms with Crippen molar-refractivity contribution in [2.45, 2.75) is 38.5 Å². The number of aromatic nitrogens is 2. The van der Waals surface area contributed by atoms with Gasteiger partial charge in [0, 0.05) is 5.69 Å². The van der Waals surface area contributed by atoms with Gasteiger partial charge in [0.2, 0.25) is 0 Å². The molecule has 2 amide bonds. The van der Waals surface area contributed by atoms with Gasteiger partial charge in [0.05, 0.1) is 38.4 Å². The summed E-state index contributed by atoms with van der Waals surface area (Å²) in [6, 6.07) is 6.88. The van der Waals surface area contributed by atoms with Crippen LogP contribution in [0.1, 0.15) is 26.9 Å². The predicted octanol–water partition coefficient (Wildman–Crippen LogP) is 4.99. The van der Waals surface area contributed by atoms with Crippen molar-refractivity contribution in [2.75, 3.05) is 12.0 Å². The van der Waals surface area contributed by atoms with Crippen molar-refractivity contribution >= 4 is 64.1 Å². The Kier molecular flexibility index (Phi) is 7.15. The predicted molar refractivity (Wildman–Crippen MR) is 139 cm³/mol. The molecule has 1 fully saturated rings. The maximum Gasteiger partial charge on any atom is 0.447 e. The van der Waals surface area contributed by atoms with Crippen LogP contribution >= 0.6 is 46.4 Å². The van der Waals surface area contributed by atoms with Gasteiger partial charge in [0.15, 0.2) is 6.17 Å². The van der Waals surface area contributed by atoms with Crippen LogP contribution in [-0.4, -0.2) is 44.9 Å². The van der Waals surface area contributed by atoms with Gasteiger partial charge in [-0.3, -0.25) is 4.90 Å². The minimum atomic E-state index is -1.29. The average Bonchev–Trinajstić information content (AvgIpc) is 3.23. The molecule has 0 spiro atoms. The third-order valence-corrected chi connectivity index (χ3v) is 7.62. The van der Waals surface area contributed by atoms with E-state index < -0.39 is 41.2 Å². The summed E-state index contributed by atoms with van der Waals surface area (Å²) in [5.41, 5.74) is -1.84. The molecule has 0 radical (unpaired) electrons. The van der Waals surface area contributed by atoms with E-state index in [0.717, 1.165) is 9.31 Å². The smallest absolute Gasteiger partial charge is 0.447 e. The number of halogens is 4. The molecule has 37 heavy (non-hydrogen) atoms. The number of carbonyl (C=O) groups excluding carboxylic acids is 2. The Morgan fingerprint density at radius 3 is 2.03 bits per heavy atom. The third-order valence-electron chi connectivity index (χ3n) is 6.14. The minimum absolute atomic E-state index is 0.106. The number of ether oxygens (including phenoxy) is 1. The Hall–Kier alpha value is -2.92. The summed E-state index contributed by atoms with van der Waals surface area (Å²) in [7, 11) is 1.20. The van der Waals surface area contributed by atoms with Gasteiger partial charge in [0.25, 0.3) is 0 Å². The number of benzene rings is 2. The van der Waals surface area contributed by atoms with Crippen molar-refractivity contribution in [3.63, 3.8) is 0 Å². The van der Waals surface area contributed by atoms with Crippen LogP contribution in [0.15, 0.2) is 50.5 Å². The van der Waals surface area contributed by atoms with Crippen molar-refractivity contribution in [1.82, 2.24) is 14.2 Å². The highest BCUT2D eigenvalue weighted by Gasteiger charge is 2.58. The Morgan fingerprint density at radius 2 is 1.49 bits per heavy atom. The molecule has 2 heterocycles. The first-order valence-electron chi connectivity index (χ1n) is 10.8. The van der Waals surface area contributed by atoms with E-state index in [2.05, 4.69) is 0 Å². The quantitative estimate of drug-likeness (QED) is 0.388. The number of rotatable bonds is 5. The van der Waals surface area contributed by atoms with Crippen LogP contribution in [-0.2, 0) is 9.53 Å². The van der Waals surface area contributed by atoms with Gasteiger partial charge in [-0.1, -0.05) is 46.4 Å². The van der Waals surface area contributed by atoms with Crippen molar-refractivity contribution in [1.29, 1.82) is 0 Å². The molecule has 1 aliphatic rings. The molecule has 2 unspecified atom stereocenters. The molecule has 3 aromatic rings. The van der Waals surface area contributed by atoms with E-state index in [9.17, 15) is 19.2 Å². The van der Waals surface area contributed by atoms with Crippen molar-refractivity contribution < 1.29 is 18.8 Å². The highest BCUT2D eigenvalue weighted by atomic mass is 35.5. The fourth-order valence-corrected chi connectivity index (χ4v) is 5.05. The Labute approximate surface area is 230 Å². The van der Waals surface area contributed by atoms with Crippen LogP contribution < -0.4 is 16.3 Å². The zero-order valence-electron chi connectivity index (χ0n) is 19.9. The van der Waals surface area contributed by atoms with Crippen LogP contribution in [0.3, 0.4) is 0 Å². The summed E-state index contributed by atoms with van der Waals surface area (Å²) in [4.78, 5) is 55.2. The fraction of sp³-hybridized carbons (Fsp3) is 0.304. The number of carbonyl (C=O) groups is 2. The van der Waals surface area contributed by atoms with Gasteiger partial charge >= 0.3 is 23.4 Å². The number of esters is 1. The number of anilines is 1. The van der Waals surface area contributed by atoms with E-state index in [4.69, 9.17) is 55.7 Å². The van der Waals surface area contributed by atoms with E-state index in [0.29, 0.717) is 0 Å². The summed E-state index contributed by atoms with van der Waals surface area (Å²) < 4.78 is 11.8. The molecule has 2 aromatic carbocycles. The first-order chi connectivity index (χ1) is 17.3. The van der Waals surface area contributed by atoms with Crippen molar-refractivity contribution in [3.05, 3.63) is 77.5 Å². The maximum absolute atomic E-state index is 13.8. The molecule has 0 saturated carbocycles. The zero-order chi connectivity index (χ0) is 27.4. The van der Waals surface area contributed by atoms with Gasteiger partial charge < -0.3 is 14.2 Å². The highest BCUT2D eigenvalue weighted by Crippen LogP contribution is 2.44. The van der Waals surface area contributed by atoms with E-state index in [1.165, 1.54) is 60.2 Å². The number of hydrogen-bond acceptors (Lipinski definition) is 6. The minimum Gasteiger partial charge on any atom is -0.467 e. The summed E-state index contributed by atoms with van der Waals surface area (Å²) in [6.07, 6.45) is -1.24. The molecule has 10 nitrogen and oxygen atoms in total. The van der Waals surface area contributed by atoms with Gasteiger partial charge in [-0.25, -0.2) is 19.2 Å². The third kappa shape index (κ3) is 4.41. The van der Waals surface area contributed by atoms with Gasteiger partial charge in [-0.2, -0.15) is 4.57 Å². The van der Waals surface area contributed by atoms with Crippen molar-refractivity contribution in [3.8, 4) is 5.69 Å². The second kappa shape index (κ2) is 9.75. The molecular formula is C23H20Cl4N4O6. The largest absolute Gasteiger partial charge is 0.467 e. The number of nitrogens with zero attached hydrogens (tertiary/aromatic N) is 4. The molecule has 4 rings (SSSR count).